The summed E-state index contributed by atoms with van der Waals surface area (Å²) in [6.07, 6.45) is 0.407. The minimum Gasteiger partial charge on any atom is -0.457 e. The fraction of sp³-hybridized carbons (Fsp3) is 0. The molecule has 0 saturated carbocycles. The van der Waals surface area contributed by atoms with Crippen molar-refractivity contribution in [2.45, 2.75) is 0 Å². The molecule has 0 fully saturated rings. The maximum atomic E-state index is 10.8. The van der Waals surface area contributed by atoms with Crippen LogP contribution in [0.5, 0.6) is 11.5 Å². The predicted molar refractivity (Wildman–Crippen MR) is 69.7 cm³/mol. The number of nitrogens with zero attached hydrogens (tertiary/aromatic N) is 2. The van der Waals surface area contributed by atoms with Crippen LogP contribution in [0.25, 0.3) is 0 Å². The second-order valence-electron chi connectivity index (χ2n) is 3.83. The number of nitriles is 1. The van der Waals surface area contributed by atoms with Crippen LogP contribution in [0.2, 0.25) is 0 Å². The molecule has 0 spiro atoms. The second-order valence-corrected chi connectivity index (χ2v) is 3.83. The molecule has 0 bridgehead atoms. The first-order chi connectivity index (χ1) is 9.63. The number of aldehydes is 1. The Kier molecular flexibility index (Phi) is 3.72. The molecular weight excluding hydrogens is 260 g/mol. The number of nitro groups is 1. The van der Waals surface area contributed by atoms with E-state index in [4.69, 9.17) is 10.00 Å². The normalized spacial score (nSPS) is 9.55. The van der Waals surface area contributed by atoms with Crippen LogP contribution >= 0.6 is 0 Å². The quantitative estimate of drug-likeness (QED) is 0.482. The summed E-state index contributed by atoms with van der Waals surface area (Å²) in [6, 6.07) is 12.3. The molecule has 0 aliphatic heterocycles. The van der Waals surface area contributed by atoms with Crippen molar-refractivity contribution in [2.24, 2.45) is 0 Å². The van der Waals surface area contributed by atoms with E-state index in [0.717, 1.165) is 0 Å². The van der Waals surface area contributed by atoms with Gasteiger partial charge in [0.25, 0.3) is 5.69 Å². The van der Waals surface area contributed by atoms with Gasteiger partial charge >= 0.3 is 0 Å². The number of carbonyl (C=O) groups excluding carboxylic acids is 1. The van der Waals surface area contributed by atoms with Crippen molar-refractivity contribution in [3.05, 3.63) is 63.7 Å². The van der Waals surface area contributed by atoms with Crippen molar-refractivity contribution in [3.8, 4) is 17.6 Å². The number of rotatable bonds is 4. The summed E-state index contributed by atoms with van der Waals surface area (Å²) in [5, 5.41) is 19.4. The van der Waals surface area contributed by atoms with Crippen molar-refractivity contribution >= 4 is 12.0 Å². The number of ether oxygens (including phenoxy) is 1. The minimum absolute atomic E-state index is 0.0545. The smallest absolute Gasteiger partial charge is 0.280 e. The molecule has 98 valence electrons. The van der Waals surface area contributed by atoms with E-state index in [-0.39, 0.29) is 11.3 Å². The first-order valence-electron chi connectivity index (χ1n) is 5.55. The Hall–Kier alpha value is -3.20. The van der Waals surface area contributed by atoms with Gasteiger partial charge < -0.3 is 4.74 Å². The van der Waals surface area contributed by atoms with Crippen LogP contribution < -0.4 is 4.74 Å². The van der Waals surface area contributed by atoms with E-state index in [9.17, 15) is 14.9 Å². The molecule has 0 N–H and O–H groups in total. The first kappa shape index (κ1) is 13.2. The SMILES string of the molecule is N#Cc1ccc(Oc2ccc([N+](=O)[O-])c(C=O)c2)cc1. The topological polar surface area (TPSA) is 93.2 Å². The van der Waals surface area contributed by atoms with E-state index in [1.165, 1.54) is 18.2 Å². The fourth-order valence-corrected chi connectivity index (χ4v) is 1.59. The lowest BCUT2D eigenvalue weighted by Crippen LogP contribution is -1.95. The van der Waals surface area contributed by atoms with Gasteiger partial charge in [0, 0.05) is 6.07 Å². The van der Waals surface area contributed by atoms with Crippen molar-refractivity contribution < 1.29 is 14.5 Å². The van der Waals surface area contributed by atoms with Crippen molar-refractivity contribution in [1.82, 2.24) is 0 Å². The summed E-state index contributed by atoms with van der Waals surface area (Å²) >= 11 is 0. The summed E-state index contributed by atoms with van der Waals surface area (Å²) in [4.78, 5) is 20.9. The number of nitro benzene ring substituents is 1. The molecule has 2 rings (SSSR count). The maximum absolute atomic E-state index is 10.8. The zero-order chi connectivity index (χ0) is 14.5. The average molecular weight is 268 g/mol. The highest BCUT2D eigenvalue weighted by Gasteiger charge is 2.14. The average Bonchev–Trinajstić information content (AvgIpc) is 2.47. The largest absolute Gasteiger partial charge is 0.457 e. The van der Waals surface area contributed by atoms with E-state index in [2.05, 4.69) is 0 Å². The molecule has 0 atom stereocenters. The molecule has 0 saturated heterocycles. The van der Waals surface area contributed by atoms with E-state index >= 15 is 0 Å². The third-order valence-corrected chi connectivity index (χ3v) is 2.54. The zero-order valence-electron chi connectivity index (χ0n) is 10.1. The predicted octanol–water partition coefficient (Wildman–Crippen LogP) is 3.07. The molecule has 6 nitrogen and oxygen atoms in total. The van der Waals surface area contributed by atoms with Gasteiger partial charge in [-0.05, 0) is 36.4 Å². The minimum atomic E-state index is -0.630. The van der Waals surface area contributed by atoms with Crippen LogP contribution in [0.1, 0.15) is 15.9 Å². The highest BCUT2D eigenvalue weighted by molar-refractivity contribution is 5.82. The van der Waals surface area contributed by atoms with E-state index < -0.39 is 4.92 Å². The highest BCUT2D eigenvalue weighted by atomic mass is 16.6. The Labute approximate surface area is 114 Å². The van der Waals surface area contributed by atoms with Gasteiger partial charge in [0.05, 0.1) is 22.1 Å². The molecule has 0 aliphatic carbocycles. The lowest BCUT2D eigenvalue weighted by molar-refractivity contribution is -0.385. The number of benzene rings is 2. The van der Waals surface area contributed by atoms with Gasteiger partial charge in [-0.25, -0.2) is 0 Å². The van der Waals surface area contributed by atoms with Crippen LogP contribution in [-0.2, 0) is 0 Å². The number of carbonyl (C=O) groups is 1. The molecular formula is C14H8N2O4. The molecule has 6 heteroatoms. The van der Waals surface area contributed by atoms with Gasteiger partial charge in [-0.15, -0.1) is 0 Å². The highest BCUT2D eigenvalue weighted by Crippen LogP contribution is 2.26. The molecule has 20 heavy (non-hydrogen) atoms. The third kappa shape index (κ3) is 2.79. The Balaban J connectivity index is 2.27. The summed E-state index contributed by atoms with van der Waals surface area (Å²) in [6.45, 7) is 0. The standard InChI is InChI=1S/C14H8N2O4/c15-8-10-1-3-12(4-2-10)20-13-5-6-14(16(18)19)11(7-13)9-17/h1-7,9H. The van der Waals surface area contributed by atoms with Crippen molar-refractivity contribution in [3.63, 3.8) is 0 Å². The lowest BCUT2D eigenvalue weighted by Gasteiger charge is -2.06. The molecule has 0 unspecified atom stereocenters. The molecule has 2 aromatic rings. The summed E-state index contributed by atoms with van der Waals surface area (Å²) in [7, 11) is 0. The van der Waals surface area contributed by atoms with Crippen LogP contribution in [0.4, 0.5) is 5.69 Å². The molecule has 0 aliphatic rings. The lowest BCUT2D eigenvalue weighted by atomic mass is 10.2. The Bertz CT molecular complexity index is 702. The van der Waals surface area contributed by atoms with Crippen LogP contribution in [0, 0.1) is 21.4 Å². The van der Waals surface area contributed by atoms with Crippen LogP contribution in [0.3, 0.4) is 0 Å². The molecule has 2 aromatic carbocycles. The molecule has 0 amide bonds. The Morgan fingerprint density at radius 3 is 2.35 bits per heavy atom. The second kappa shape index (κ2) is 5.63. The third-order valence-electron chi connectivity index (χ3n) is 2.54. The Morgan fingerprint density at radius 1 is 1.15 bits per heavy atom. The van der Waals surface area contributed by atoms with Gasteiger partial charge in [0.1, 0.15) is 11.5 Å². The fourth-order valence-electron chi connectivity index (χ4n) is 1.59. The van der Waals surface area contributed by atoms with Crippen LogP contribution in [0.15, 0.2) is 42.5 Å². The van der Waals surface area contributed by atoms with E-state index in [1.54, 1.807) is 24.3 Å². The summed E-state index contributed by atoms with van der Waals surface area (Å²) in [5.74, 6) is 0.775. The first-order valence-corrected chi connectivity index (χ1v) is 5.55. The summed E-state index contributed by atoms with van der Waals surface area (Å²) in [5.41, 5.74) is 0.169. The maximum Gasteiger partial charge on any atom is 0.280 e. The van der Waals surface area contributed by atoms with Crippen molar-refractivity contribution in [2.75, 3.05) is 0 Å². The molecule has 0 radical (unpaired) electrons. The van der Waals surface area contributed by atoms with Gasteiger partial charge in [-0.2, -0.15) is 5.26 Å². The molecule has 0 aromatic heterocycles. The van der Waals surface area contributed by atoms with Crippen LogP contribution in [-0.4, -0.2) is 11.2 Å². The number of hydrogen-bond acceptors (Lipinski definition) is 5. The monoisotopic (exact) mass is 268 g/mol. The number of hydrogen-bond donors (Lipinski definition) is 0. The zero-order valence-corrected chi connectivity index (χ0v) is 10.1. The van der Waals surface area contributed by atoms with E-state index in [1.807, 2.05) is 6.07 Å². The summed E-state index contributed by atoms with van der Waals surface area (Å²) < 4.78 is 5.46. The van der Waals surface area contributed by atoms with Gasteiger partial charge in [0.2, 0.25) is 0 Å². The van der Waals surface area contributed by atoms with Gasteiger partial charge in [-0.3, -0.25) is 14.9 Å². The van der Waals surface area contributed by atoms with Crippen molar-refractivity contribution in [1.29, 1.82) is 5.26 Å². The molecule has 0 heterocycles. The van der Waals surface area contributed by atoms with E-state index in [0.29, 0.717) is 23.3 Å². The van der Waals surface area contributed by atoms with Gasteiger partial charge in [-0.1, -0.05) is 0 Å². The van der Waals surface area contributed by atoms with Gasteiger partial charge in [0.15, 0.2) is 6.29 Å². The Morgan fingerprint density at radius 2 is 1.80 bits per heavy atom.